The minimum Gasteiger partial charge on any atom is -0.276 e. The minimum atomic E-state index is -0.544. The monoisotopic (exact) mass is 203 g/mol. The first-order valence-electron chi connectivity index (χ1n) is 3.01. The number of hydrogen-bond acceptors (Lipinski definition) is 2. The third-order valence-electron chi connectivity index (χ3n) is 1.25. The molecule has 0 saturated heterocycles. The molecule has 0 aromatic carbocycles. The average molecular weight is 204 g/mol. The first kappa shape index (κ1) is 11.1. The smallest absolute Gasteiger partial charge is 0.252 e. The van der Waals surface area contributed by atoms with Crippen LogP contribution in [0.1, 0.15) is 5.56 Å². The first-order chi connectivity index (χ1) is 5.22. The molecule has 0 radical (unpaired) electrons. The molecule has 0 saturated carbocycles. The minimum absolute atomic E-state index is 0. The van der Waals surface area contributed by atoms with Gasteiger partial charge in [-0.05, 0) is 17.7 Å². The summed E-state index contributed by atoms with van der Waals surface area (Å²) in [5, 5.41) is -0.544. The summed E-state index contributed by atoms with van der Waals surface area (Å²) in [5.41, 5.74) is 0.937. The van der Waals surface area contributed by atoms with Crippen LogP contribution in [0.25, 0.3) is 5.57 Å². The van der Waals surface area contributed by atoms with Crippen LogP contribution in [0.5, 0.6) is 0 Å². The standard InChI is InChI=1S/C8H6ClNO.ClH/c1-6(8(9)11)7-3-2-4-10-5-7;/h2-5H,1H2;1H. The molecule has 0 unspecified atom stereocenters. The normalized spacial score (nSPS) is 8.42. The van der Waals surface area contributed by atoms with Crippen molar-refractivity contribution >= 4 is 34.8 Å². The summed E-state index contributed by atoms with van der Waals surface area (Å²) in [7, 11) is 0. The van der Waals surface area contributed by atoms with Crippen molar-refractivity contribution in [2.24, 2.45) is 0 Å². The summed E-state index contributed by atoms with van der Waals surface area (Å²) in [6, 6.07) is 3.45. The van der Waals surface area contributed by atoms with Gasteiger partial charge >= 0.3 is 0 Å². The zero-order valence-electron chi connectivity index (χ0n) is 6.16. The van der Waals surface area contributed by atoms with Gasteiger partial charge < -0.3 is 0 Å². The topological polar surface area (TPSA) is 30.0 Å². The second kappa shape index (κ2) is 4.91. The molecule has 0 N–H and O–H groups in total. The Bertz CT molecular complexity index is 284. The molecule has 0 aliphatic carbocycles. The molecule has 2 nitrogen and oxygen atoms in total. The van der Waals surface area contributed by atoms with Gasteiger partial charge in [0.2, 0.25) is 0 Å². The summed E-state index contributed by atoms with van der Waals surface area (Å²) in [5.74, 6) is 0. The highest BCUT2D eigenvalue weighted by Gasteiger charge is 2.04. The summed E-state index contributed by atoms with van der Waals surface area (Å²) in [6.07, 6.45) is 3.16. The summed E-state index contributed by atoms with van der Waals surface area (Å²) in [4.78, 5) is 14.4. The van der Waals surface area contributed by atoms with E-state index in [0.717, 1.165) is 0 Å². The first-order valence-corrected chi connectivity index (χ1v) is 3.39. The Morgan fingerprint density at radius 3 is 2.67 bits per heavy atom. The molecular weight excluding hydrogens is 197 g/mol. The van der Waals surface area contributed by atoms with Crippen LogP contribution in [0.15, 0.2) is 31.1 Å². The van der Waals surface area contributed by atoms with Gasteiger partial charge in [-0.25, -0.2) is 0 Å². The highest BCUT2D eigenvalue weighted by molar-refractivity contribution is 6.74. The van der Waals surface area contributed by atoms with E-state index in [0.29, 0.717) is 5.56 Å². The van der Waals surface area contributed by atoms with Crippen LogP contribution in [0.4, 0.5) is 0 Å². The van der Waals surface area contributed by atoms with Crippen molar-refractivity contribution in [3.05, 3.63) is 36.7 Å². The fourth-order valence-corrected chi connectivity index (χ4v) is 0.764. The van der Waals surface area contributed by atoms with E-state index < -0.39 is 5.24 Å². The maximum Gasteiger partial charge on any atom is 0.252 e. The second-order valence-corrected chi connectivity index (χ2v) is 2.34. The third-order valence-corrected chi connectivity index (χ3v) is 1.48. The fourth-order valence-electron chi connectivity index (χ4n) is 0.655. The zero-order chi connectivity index (χ0) is 8.27. The van der Waals surface area contributed by atoms with Crippen molar-refractivity contribution in [1.82, 2.24) is 4.98 Å². The molecule has 12 heavy (non-hydrogen) atoms. The zero-order valence-corrected chi connectivity index (χ0v) is 7.73. The predicted molar refractivity (Wildman–Crippen MR) is 51.4 cm³/mol. The lowest BCUT2D eigenvalue weighted by Crippen LogP contribution is -1.90. The molecule has 1 aromatic rings. The van der Waals surface area contributed by atoms with E-state index in [2.05, 4.69) is 11.6 Å². The van der Waals surface area contributed by atoms with Crippen LogP contribution in [-0.4, -0.2) is 10.2 Å². The molecule has 0 amide bonds. The molecule has 1 aromatic heterocycles. The number of carbonyl (C=O) groups excluding carboxylic acids is 1. The Hall–Kier alpha value is -0.860. The van der Waals surface area contributed by atoms with E-state index in [1.54, 1.807) is 24.5 Å². The summed E-state index contributed by atoms with van der Waals surface area (Å²) >= 11 is 5.20. The van der Waals surface area contributed by atoms with Crippen LogP contribution in [0.3, 0.4) is 0 Å². The van der Waals surface area contributed by atoms with Crippen molar-refractivity contribution in [1.29, 1.82) is 0 Å². The summed E-state index contributed by atoms with van der Waals surface area (Å²) < 4.78 is 0. The van der Waals surface area contributed by atoms with E-state index in [4.69, 9.17) is 11.6 Å². The fraction of sp³-hybridized carbons (Fsp3) is 0. The van der Waals surface area contributed by atoms with Gasteiger partial charge in [-0.3, -0.25) is 9.78 Å². The molecule has 0 fully saturated rings. The Morgan fingerprint density at radius 1 is 1.58 bits per heavy atom. The van der Waals surface area contributed by atoms with E-state index >= 15 is 0 Å². The average Bonchev–Trinajstić information content (AvgIpc) is 2.05. The Balaban J connectivity index is 0.00000121. The maximum atomic E-state index is 10.6. The Labute approximate surface area is 81.7 Å². The number of pyridine rings is 1. The van der Waals surface area contributed by atoms with Crippen LogP contribution < -0.4 is 0 Å². The molecule has 0 bridgehead atoms. The molecule has 4 heteroatoms. The predicted octanol–water partition coefficient (Wildman–Crippen LogP) is 2.28. The second-order valence-electron chi connectivity index (χ2n) is 1.99. The van der Waals surface area contributed by atoms with Crippen LogP contribution in [0, 0.1) is 0 Å². The van der Waals surface area contributed by atoms with Crippen LogP contribution in [-0.2, 0) is 4.79 Å². The van der Waals surface area contributed by atoms with Gasteiger partial charge in [-0.1, -0.05) is 12.6 Å². The number of nitrogens with zero attached hydrogens (tertiary/aromatic N) is 1. The van der Waals surface area contributed by atoms with Crippen molar-refractivity contribution in [2.45, 2.75) is 0 Å². The largest absolute Gasteiger partial charge is 0.276 e. The number of hydrogen-bond donors (Lipinski definition) is 0. The molecule has 0 atom stereocenters. The van der Waals surface area contributed by atoms with Gasteiger partial charge in [0.15, 0.2) is 0 Å². The van der Waals surface area contributed by atoms with Crippen molar-refractivity contribution in [2.75, 3.05) is 0 Å². The number of halogens is 2. The SMILES string of the molecule is C=C(C(=O)Cl)c1cccnc1.Cl. The number of aromatic nitrogens is 1. The molecule has 0 aliphatic rings. The van der Waals surface area contributed by atoms with Crippen molar-refractivity contribution in [3.8, 4) is 0 Å². The molecule has 1 rings (SSSR count). The molecule has 1 heterocycles. The maximum absolute atomic E-state index is 10.6. The van der Waals surface area contributed by atoms with E-state index in [1.165, 1.54) is 0 Å². The van der Waals surface area contributed by atoms with Crippen LogP contribution in [0.2, 0.25) is 0 Å². The molecule has 0 spiro atoms. The van der Waals surface area contributed by atoms with Gasteiger partial charge in [0, 0.05) is 23.5 Å². The number of carbonyl (C=O) groups is 1. The summed E-state index contributed by atoms with van der Waals surface area (Å²) in [6.45, 7) is 3.50. The Morgan fingerprint density at radius 2 is 2.25 bits per heavy atom. The van der Waals surface area contributed by atoms with Crippen molar-refractivity contribution < 1.29 is 4.79 Å². The lowest BCUT2D eigenvalue weighted by molar-refractivity contribution is -0.106. The van der Waals surface area contributed by atoms with E-state index in [9.17, 15) is 4.79 Å². The van der Waals surface area contributed by atoms with Gasteiger partial charge in [-0.15, -0.1) is 12.4 Å². The molecule has 64 valence electrons. The van der Waals surface area contributed by atoms with Crippen LogP contribution >= 0.6 is 24.0 Å². The van der Waals surface area contributed by atoms with E-state index in [1.807, 2.05) is 0 Å². The highest BCUT2D eigenvalue weighted by atomic mass is 35.5. The molecular formula is C8H7Cl2NO. The van der Waals surface area contributed by atoms with Gasteiger partial charge in [0.25, 0.3) is 5.24 Å². The lowest BCUT2D eigenvalue weighted by Gasteiger charge is -1.96. The van der Waals surface area contributed by atoms with Gasteiger partial charge in [0.1, 0.15) is 0 Å². The number of allylic oxidation sites excluding steroid dienone is 1. The van der Waals surface area contributed by atoms with Gasteiger partial charge in [-0.2, -0.15) is 0 Å². The quantitative estimate of drug-likeness (QED) is 0.546. The van der Waals surface area contributed by atoms with Gasteiger partial charge in [0.05, 0.1) is 0 Å². The Kier molecular flexibility index (Phi) is 4.55. The highest BCUT2D eigenvalue weighted by Crippen LogP contribution is 2.12. The molecule has 0 aliphatic heterocycles. The van der Waals surface area contributed by atoms with Crippen molar-refractivity contribution in [3.63, 3.8) is 0 Å². The third kappa shape index (κ3) is 2.64. The lowest BCUT2D eigenvalue weighted by atomic mass is 10.1. The van der Waals surface area contributed by atoms with E-state index in [-0.39, 0.29) is 18.0 Å². The number of rotatable bonds is 2.